The van der Waals surface area contributed by atoms with Gasteiger partial charge in [0.15, 0.2) is 11.5 Å². The van der Waals surface area contributed by atoms with Crippen LogP contribution in [-0.4, -0.2) is 33.1 Å². The Morgan fingerprint density at radius 1 is 1.33 bits per heavy atom. The van der Waals surface area contributed by atoms with Crippen LogP contribution >= 0.6 is 23.3 Å². The molecule has 2 aromatic heterocycles. The maximum atomic E-state index is 12.6. The molecule has 9 nitrogen and oxygen atoms in total. The first kappa shape index (κ1) is 24.0. The molecule has 0 saturated heterocycles. The maximum Gasteiger partial charge on any atom is 0.379 e. The third-order valence-electron chi connectivity index (χ3n) is 3.84. The molecule has 1 amide bonds. The number of nitriles is 1. The number of carbonyl (C=O) groups is 2. The fourth-order valence-corrected chi connectivity index (χ4v) is 3.89. The van der Waals surface area contributed by atoms with Crippen LogP contribution in [0.5, 0.6) is 11.5 Å². The van der Waals surface area contributed by atoms with E-state index in [4.69, 9.17) is 13.9 Å². The van der Waals surface area contributed by atoms with Crippen LogP contribution in [0.1, 0.15) is 36.9 Å². The van der Waals surface area contributed by atoms with Gasteiger partial charge in [0.25, 0.3) is 5.91 Å². The van der Waals surface area contributed by atoms with E-state index in [1.807, 2.05) is 19.9 Å². The number of ether oxygens (including phenoxy) is 2. The normalized spacial score (nSPS) is 11.2. The van der Waals surface area contributed by atoms with Crippen LogP contribution in [0, 0.1) is 11.3 Å². The second-order valence-electron chi connectivity index (χ2n) is 6.68. The number of hydrogen-bond donors (Lipinski definition) is 1. The Morgan fingerprint density at radius 3 is 2.82 bits per heavy atom. The minimum absolute atomic E-state index is 0.0523. The van der Waals surface area contributed by atoms with Crippen LogP contribution in [0.25, 0.3) is 6.08 Å². The average molecular weight is 485 g/mol. The molecule has 0 unspecified atom stereocenters. The van der Waals surface area contributed by atoms with Crippen molar-refractivity contribution in [3.05, 3.63) is 53.5 Å². The van der Waals surface area contributed by atoms with E-state index < -0.39 is 11.9 Å². The molecule has 0 spiro atoms. The van der Waals surface area contributed by atoms with Gasteiger partial charge in [-0.25, -0.2) is 4.79 Å². The van der Waals surface area contributed by atoms with Gasteiger partial charge in [0.2, 0.25) is 16.0 Å². The van der Waals surface area contributed by atoms with Crippen LogP contribution in [0.3, 0.4) is 0 Å². The number of aromatic nitrogens is 2. The first-order valence-electron chi connectivity index (χ1n) is 9.85. The molecule has 11 heteroatoms. The second-order valence-corrected chi connectivity index (χ2v) is 8.97. The van der Waals surface area contributed by atoms with Crippen LogP contribution in [-0.2, 0) is 4.79 Å². The Balaban J connectivity index is 1.77. The Kier molecular flexibility index (Phi) is 8.23. The molecule has 170 valence electrons. The second kappa shape index (κ2) is 11.3. The Morgan fingerprint density at radius 2 is 2.15 bits per heavy atom. The summed E-state index contributed by atoms with van der Waals surface area (Å²) in [6.45, 7) is 6.13. The summed E-state index contributed by atoms with van der Waals surface area (Å²) in [5.74, 6) is -0.767. The molecule has 1 aromatic carbocycles. The number of rotatable bonds is 9. The van der Waals surface area contributed by atoms with Crippen molar-refractivity contribution in [1.29, 1.82) is 5.26 Å². The first-order valence-corrected chi connectivity index (χ1v) is 11.5. The highest BCUT2D eigenvalue weighted by atomic mass is 32.2. The van der Waals surface area contributed by atoms with Gasteiger partial charge in [-0.1, -0.05) is 31.7 Å². The molecule has 0 radical (unpaired) electrons. The summed E-state index contributed by atoms with van der Waals surface area (Å²) in [6.07, 6.45) is 2.77. The van der Waals surface area contributed by atoms with Crippen molar-refractivity contribution >= 4 is 46.4 Å². The Labute approximate surface area is 198 Å². The van der Waals surface area contributed by atoms with Crippen molar-refractivity contribution < 1.29 is 23.5 Å². The lowest BCUT2D eigenvalue weighted by molar-refractivity contribution is -0.112. The lowest BCUT2D eigenvalue weighted by atomic mass is 10.1. The molecule has 0 fully saturated rings. The van der Waals surface area contributed by atoms with Gasteiger partial charge in [-0.05, 0) is 42.8 Å². The quantitative estimate of drug-likeness (QED) is 0.150. The van der Waals surface area contributed by atoms with E-state index in [1.54, 1.807) is 25.1 Å². The van der Waals surface area contributed by atoms with E-state index in [-0.39, 0.29) is 22.8 Å². The molecule has 0 saturated carbocycles. The van der Waals surface area contributed by atoms with E-state index in [0.717, 1.165) is 11.5 Å². The van der Waals surface area contributed by atoms with Gasteiger partial charge in [-0.3, -0.25) is 10.1 Å². The summed E-state index contributed by atoms with van der Waals surface area (Å²) in [6, 6.07) is 9.64. The lowest BCUT2D eigenvalue weighted by Gasteiger charge is -2.11. The van der Waals surface area contributed by atoms with Crippen molar-refractivity contribution in [1.82, 2.24) is 9.36 Å². The van der Waals surface area contributed by atoms with Gasteiger partial charge < -0.3 is 13.9 Å². The van der Waals surface area contributed by atoms with E-state index in [0.29, 0.717) is 27.7 Å². The van der Waals surface area contributed by atoms with Gasteiger partial charge in [0, 0.05) is 16.8 Å². The molecule has 3 rings (SSSR count). The molecule has 0 aliphatic rings. The topological polar surface area (TPSA) is 127 Å². The van der Waals surface area contributed by atoms with Crippen LogP contribution in [0.15, 0.2) is 51.7 Å². The molecule has 0 aliphatic carbocycles. The lowest BCUT2D eigenvalue weighted by Crippen LogP contribution is -2.13. The van der Waals surface area contributed by atoms with E-state index in [1.165, 1.54) is 36.2 Å². The number of esters is 1. The molecule has 1 N–H and O–H groups in total. The van der Waals surface area contributed by atoms with E-state index in [2.05, 4.69) is 14.7 Å². The first-order chi connectivity index (χ1) is 15.9. The summed E-state index contributed by atoms with van der Waals surface area (Å²) in [4.78, 5) is 29.0. The molecule has 0 atom stereocenters. The molecule has 0 aliphatic heterocycles. The van der Waals surface area contributed by atoms with E-state index in [9.17, 15) is 14.9 Å². The van der Waals surface area contributed by atoms with E-state index >= 15 is 0 Å². The monoisotopic (exact) mass is 484 g/mol. The number of thioether (sulfide) groups is 1. The predicted molar refractivity (Wildman–Crippen MR) is 124 cm³/mol. The van der Waals surface area contributed by atoms with Gasteiger partial charge in [0.1, 0.15) is 11.6 Å². The number of furan rings is 1. The summed E-state index contributed by atoms with van der Waals surface area (Å²) in [7, 11) is 0. The summed E-state index contributed by atoms with van der Waals surface area (Å²) in [5, 5.41) is 13.2. The Bertz CT molecular complexity index is 1200. The SMILES string of the molecule is CCOc1cc(C=C(C#N)C(=O)Nc2nc(SC(C)C)ns2)ccc1OC(=O)c1ccco1. The van der Waals surface area contributed by atoms with Gasteiger partial charge in [-0.2, -0.15) is 14.6 Å². The number of nitrogens with zero attached hydrogens (tertiary/aromatic N) is 3. The van der Waals surface area contributed by atoms with Gasteiger partial charge in [-0.15, -0.1) is 0 Å². The third kappa shape index (κ3) is 6.68. The molecular formula is C22H20N4O5S2. The van der Waals surface area contributed by atoms with Crippen LogP contribution in [0.4, 0.5) is 5.13 Å². The number of anilines is 1. The Hall–Kier alpha value is -3.62. The van der Waals surface area contributed by atoms with Crippen LogP contribution < -0.4 is 14.8 Å². The smallest absolute Gasteiger partial charge is 0.379 e. The minimum atomic E-state index is -0.673. The highest BCUT2D eigenvalue weighted by Crippen LogP contribution is 2.30. The number of nitrogens with one attached hydrogen (secondary N) is 1. The van der Waals surface area contributed by atoms with Crippen molar-refractivity contribution in [2.45, 2.75) is 31.2 Å². The number of benzene rings is 1. The van der Waals surface area contributed by atoms with Gasteiger partial charge >= 0.3 is 5.97 Å². The molecule has 2 heterocycles. The number of carbonyl (C=O) groups excluding carboxylic acids is 2. The van der Waals surface area contributed by atoms with Crippen LogP contribution in [0.2, 0.25) is 0 Å². The molecular weight excluding hydrogens is 464 g/mol. The molecule has 3 aromatic rings. The highest BCUT2D eigenvalue weighted by Gasteiger charge is 2.17. The maximum absolute atomic E-state index is 12.6. The average Bonchev–Trinajstić information content (AvgIpc) is 3.46. The fourth-order valence-electron chi connectivity index (χ4n) is 2.51. The van der Waals surface area contributed by atoms with Crippen molar-refractivity contribution in [2.24, 2.45) is 0 Å². The largest absolute Gasteiger partial charge is 0.490 e. The fraction of sp³-hybridized carbons (Fsp3) is 0.227. The highest BCUT2D eigenvalue weighted by molar-refractivity contribution is 7.99. The zero-order valence-corrected chi connectivity index (χ0v) is 19.7. The predicted octanol–water partition coefficient (Wildman–Crippen LogP) is 4.80. The molecule has 33 heavy (non-hydrogen) atoms. The summed E-state index contributed by atoms with van der Waals surface area (Å²) >= 11 is 2.52. The standard InChI is InChI=1S/C22H20N4O5S2/c1-4-29-18-11-14(7-8-16(18)31-20(28)17-6-5-9-30-17)10-15(12-23)19(27)24-21-25-22(26-33-21)32-13(2)3/h5-11,13H,4H2,1-3H3,(H,24,25,26,27). The van der Waals surface area contributed by atoms with Crippen molar-refractivity contribution in [3.63, 3.8) is 0 Å². The summed E-state index contributed by atoms with van der Waals surface area (Å²) in [5.41, 5.74) is 0.377. The number of amides is 1. The zero-order valence-electron chi connectivity index (χ0n) is 18.0. The van der Waals surface area contributed by atoms with Crippen molar-refractivity contribution in [3.8, 4) is 17.6 Å². The van der Waals surface area contributed by atoms with Gasteiger partial charge in [0.05, 0.1) is 12.9 Å². The molecule has 0 bridgehead atoms. The number of hydrogen-bond acceptors (Lipinski definition) is 10. The zero-order chi connectivity index (χ0) is 23.8. The summed E-state index contributed by atoms with van der Waals surface area (Å²) < 4.78 is 20.1. The minimum Gasteiger partial charge on any atom is -0.490 e. The third-order valence-corrected chi connectivity index (χ3v) is 5.45. The van der Waals surface area contributed by atoms with Crippen molar-refractivity contribution in [2.75, 3.05) is 11.9 Å².